The van der Waals surface area contributed by atoms with Gasteiger partial charge in [-0.1, -0.05) is 13.8 Å². The van der Waals surface area contributed by atoms with E-state index in [1.807, 2.05) is 0 Å². The number of piperidine rings is 2. The monoisotopic (exact) mass is 338 g/mol. The first-order valence-electron chi connectivity index (χ1n) is 9.49. The van der Waals surface area contributed by atoms with Crippen molar-refractivity contribution >= 4 is 11.8 Å². The molecule has 138 valence electrons. The second-order valence-corrected chi connectivity index (χ2v) is 7.83. The fourth-order valence-electron chi connectivity index (χ4n) is 4.09. The minimum Gasteiger partial charge on any atom is -0.351 e. The van der Waals surface area contributed by atoms with Gasteiger partial charge in [0.15, 0.2) is 0 Å². The van der Waals surface area contributed by atoms with Crippen LogP contribution in [-0.2, 0) is 9.59 Å². The molecule has 0 aromatic carbocycles. The van der Waals surface area contributed by atoms with Crippen molar-refractivity contribution in [3.63, 3.8) is 0 Å². The summed E-state index contributed by atoms with van der Waals surface area (Å²) in [4.78, 5) is 24.3. The molecule has 0 aromatic heterocycles. The molecule has 2 amide bonds. The molecule has 0 aliphatic carbocycles. The topological polar surface area (TPSA) is 96.2 Å². The van der Waals surface area contributed by atoms with E-state index in [2.05, 4.69) is 29.8 Å². The molecule has 0 unspecified atom stereocenters. The van der Waals surface area contributed by atoms with Crippen molar-refractivity contribution in [1.29, 1.82) is 0 Å². The lowest BCUT2D eigenvalue weighted by Gasteiger charge is -2.40. The number of hydrogen-bond acceptors (Lipinski definition) is 4. The minimum atomic E-state index is 0.0516. The fourth-order valence-corrected chi connectivity index (χ4v) is 4.09. The van der Waals surface area contributed by atoms with Gasteiger partial charge in [-0.05, 0) is 63.1 Å². The Balaban J connectivity index is 1.91. The van der Waals surface area contributed by atoms with E-state index in [9.17, 15) is 9.59 Å². The second kappa shape index (κ2) is 9.37. The van der Waals surface area contributed by atoms with Crippen LogP contribution in [0.15, 0.2) is 0 Å². The Hall–Kier alpha value is -1.14. The summed E-state index contributed by atoms with van der Waals surface area (Å²) in [5.41, 5.74) is 5.82. The summed E-state index contributed by atoms with van der Waals surface area (Å²) in [6.45, 7) is 6.84. The van der Waals surface area contributed by atoms with Crippen LogP contribution in [0.25, 0.3) is 0 Å². The quantitative estimate of drug-likeness (QED) is 0.551. The zero-order valence-electron chi connectivity index (χ0n) is 15.1. The molecule has 2 heterocycles. The number of amides is 2. The highest BCUT2D eigenvalue weighted by molar-refractivity contribution is 5.79. The van der Waals surface area contributed by atoms with Crippen LogP contribution in [0.1, 0.15) is 52.4 Å². The Bertz CT molecular complexity index is 421. The van der Waals surface area contributed by atoms with Crippen LogP contribution in [0.4, 0.5) is 0 Å². The van der Waals surface area contributed by atoms with Gasteiger partial charge in [-0.3, -0.25) is 9.59 Å². The first-order chi connectivity index (χ1) is 11.5. The van der Waals surface area contributed by atoms with Gasteiger partial charge in [-0.25, -0.2) is 0 Å². The summed E-state index contributed by atoms with van der Waals surface area (Å²) >= 11 is 0. The van der Waals surface area contributed by atoms with E-state index in [1.54, 1.807) is 0 Å². The average Bonchev–Trinajstić information content (AvgIpc) is 2.56. The van der Waals surface area contributed by atoms with E-state index >= 15 is 0 Å². The molecule has 0 radical (unpaired) electrons. The minimum absolute atomic E-state index is 0.0516. The van der Waals surface area contributed by atoms with Crippen molar-refractivity contribution in [2.24, 2.45) is 23.5 Å². The molecule has 0 saturated carbocycles. The largest absolute Gasteiger partial charge is 0.351 e. The van der Waals surface area contributed by atoms with Crippen molar-refractivity contribution in [2.45, 2.75) is 64.5 Å². The lowest BCUT2D eigenvalue weighted by atomic mass is 9.82. The normalized spacial score (nSPS) is 26.9. The predicted molar refractivity (Wildman–Crippen MR) is 95.3 cm³/mol. The number of rotatable bonds is 7. The molecule has 6 heteroatoms. The molecule has 2 rings (SSSR count). The van der Waals surface area contributed by atoms with Crippen molar-refractivity contribution in [3.05, 3.63) is 0 Å². The maximum atomic E-state index is 12.5. The van der Waals surface area contributed by atoms with Gasteiger partial charge in [0.2, 0.25) is 11.8 Å². The van der Waals surface area contributed by atoms with Gasteiger partial charge in [0.25, 0.3) is 0 Å². The Morgan fingerprint density at radius 1 is 1.29 bits per heavy atom. The molecule has 5 N–H and O–H groups in total. The summed E-state index contributed by atoms with van der Waals surface area (Å²) in [7, 11) is 0. The third-order valence-electron chi connectivity index (χ3n) is 5.29. The Morgan fingerprint density at radius 2 is 2.00 bits per heavy atom. The van der Waals surface area contributed by atoms with Crippen LogP contribution in [0.3, 0.4) is 0 Å². The van der Waals surface area contributed by atoms with Crippen LogP contribution in [0.5, 0.6) is 0 Å². The van der Waals surface area contributed by atoms with Crippen molar-refractivity contribution in [2.75, 3.05) is 19.6 Å². The number of carbonyl (C=O) groups is 2. The summed E-state index contributed by atoms with van der Waals surface area (Å²) in [6.07, 6.45) is 4.80. The average molecular weight is 338 g/mol. The molecule has 2 fully saturated rings. The van der Waals surface area contributed by atoms with E-state index in [4.69, 9.17) is 5.73 Å². The molecule has 2 saturated heterocycles. The molecular weight excluding hydrogens is 304 g/mol. The molecule has 2 aliphatic heterocycles. The number of nitrogens with two attached hydrogens (primary N) is 1. The van der Waals surface area contributed by atoms with Gasteiger partial charge in [0.05, 0.1) is 6.04 Å². The van der Waals surface area contributed by atoms with Gasteiger partial charge >= 0.3 is 0 Å². The fraction of sp³-hybridized carbons (Fsp3) is 0.889. The summed E-state index contributed by atoms with van der Waals surface area (Å²) < 4.78 is 0. The number of nitrogens with one attached hydrogen (secondary N) is 3. The van der Waals surface area contributed by atoms with E-state index in [0.717, 1.165) is 38.8 Å². The van der Waals surface area contributed by atoms with E-state index in [1.165, 1.54) is 0 Å². The molecule has 24 heavy (non-hydrogen) atoms. The molecule has 0 bridgehead atoms. The van der Waals surface area contributed by atoms with Crippen molar-refractivity contribution in [1.82, 2.24) is 16.0 Å². The number of carbonyl (C=O) groups excluding carboxylic acids is 2. The lowest BCUT2D eigenvalue weighted by molar-refractivity contribution is -0.128. The van der Waals surface area contributed by atoms with E-state index in [0.29, 0.717) is 31.2 Å². The first-order valence-corrected chi connectivity index (χ1v) is 9.49. The second-order valence-electron chi connectivity index (χ2n) is 7.83. The van der Waals surface area contributed by atoms with E-state index < -0.39 is 0 Å². The molecule has 6 nitrogen and oxygen atoms in total. The van der Waals surface area contributed by atoms with Crippen LogP contribution in [-0.4, -0.2) is 43.5 Å². The maximum absolute atomic E-state index is 12.5. The molecule has 0 spiro atoms. The lowest BCUT2D eigenvalue weighted by Crippen LogP contribution is -2.59. The standard InChI is InChI=1S/C18H34N4O2/c1-12(2)9-13(11-19)10-17(24)21-15-3-4-16(23)22-18(15)14-5-7-20-8-6-14/h12-15,18,20H,3-11,19H2,1-2H3,(H,21,24)(H,22,23)/t13-,15+,18-/m0/s1. The van der Waals surface area contributed by atoms with Gasteiger partial charge in [0, 0.05) is 18.9 Å². The van der Waals surface area contributed by atoms with Crippen molar-refractivity contribution in [3.8, 4) is 0 Å². The number of hydrogen-bond donors (Lipinski definition) is 4. The SMILES string of the molecule is CC(C)C[C@H](CN)CC(=O)N[C@@H]1CCC(=O)N[C@H]1C1CCNCC1. The summed E-state index contributed by atoms with van der Waals surface area (Å²) in [6, 6.07) is 0.120. The Labute approximate surface area is 145 Å². The maximum Gasteiger partial charge on any atom is 0.220 e. The highest BCUT2D eigenvalue weighted by Gasteiger charge is 2.36. The van der Waals surface area contributed by atoms with Gasteiger partial charge < -0.3 is 21.7 Å². The van der Waals surface area contributed by atoms with Crippen LogP contribution in [0, 0.1) is 17.8 Å². The molecule has 3 atom stereocenters. The summed E-state index contributed by atoms with van der Waals surface area (Å²) in [5, 5.41) is 9.69. The zero-order valence-corrected chi connectivity index (χ0v) is 15.1. The zero-order chi connectivity index (χ0) is 17.5. The molecule has 2 aliphatic rings. The first kappa shape index (κ1) is 19.2. The van der Waals surface area contributed by atoms with Crippen LogP contribution < -0.4 is 21.7 Å². The van der Waals surface area contributed by atoms with Crippen LogP contribution in [0.2, 0.25) is 0 Å². The van der Waals surface area contributed by atoms with Gasteiger partial charge in [-0.2, -0.15) is 0 Å². The molecule has 0 aromatic rings. The summed E-state index contributed by atoms with van der Waals surface area (Å²) in [5.74, 6) is 1.42. The van der Waals surface area contributed by atoms with Gasteiger partial charge in [-0.15, -0.1) is 0 Å². The Kier molecular flexibility index (Phi) is 7.49. The van der Waals surface area contributed by atoms with Gasteiger partial charge in [0.1, 0.15) is 0 Å². The van der Waals surface area contributed by atoms with Crippen molar-refractivity contribution < 1.29 is 9.59 Å². The van der Waals surface area contributed by atoms with Crippen LogP contribution >= 0.6 is 0 Å². The van der Waals surface area contributed by atoms with E-state index in [-0.39, 0.29) is 29.8 Å². The highest BCUT2D eigenvalue weighted by atomic mass is 16.2. The predicted octanol–water partition coefficient (Wildman–Crippen LogP) is 0.761. The highest BCUT2D eigenvalue weighted by Crippen LogP contribution is 2.24. The molecular formula is C18H34N4O2. The third kappa shape index (κ3) is 5.74. The smallest absolute Gasteiger partial charge is 0.220 e. The third-order valence-corrected chi connectivity index (χ3v) is 5.29. The Morgan fingerprint density at radius 3 is 2.62 bits per heavy atom.